The summed E-state index contributed by atoms with van der Waals surface area (Å²) in [6, 6.07) is 5.35. The van der Waals surface area contributed by atoms with Crippen molar-refractivity contribution in [2.24, 2.45) is 5.92 Å². The summed E-state index contributed by atoms with van der Waals surface area (Å²) in [6.07, 6.45) is 3.44. The van der Waals surface area contributed by atoms with Crippen LogP contribution in [0.2, 0.25) is 5.02 Å². The van der Waals surface area contributed by atoms with Gasteiger partial charge < -0.3 is 15.2 Å². The van der Waals surface area contributed by atoms with Gasteiger partial charge in [0.05, 0.1) is 5.57 Å². The maximum Gasteiger partial charge on any atom is 0.250 e. The Balaban J connectivity index is 2.00. The Hall–Kier alpha value is -1.52. The summed E-state index contributed by atoms with van der Waals surface area (Å²) in [6.45, 7) is 3.02. The van der Waals surface area contributed by atoms with Crippen LogP contribution >= 0.6 is 11.6 Å². The SMILES string of the molecule is CCC(CCO)CNC(=O)C1=Cc2cc(Cl)ccc2OC1. The number of hydrogen-bond donors (Lipinski definition) is 2. The highest BCUT2D eigenvalue weighted by Crippen LogP contribution is 2.28. The summed E-state index contributed by atoms with van der Waals surface area (Å²) >= 11 is 5.95. The molecule has 0 aliphatic carbocycles. The van der Waals surface area contributed by atoms with E-state index in [4.69, 9.17) is 21.4 Å². The van der Waals surface area contributed by atoms with E-state index in [0.29, 0.717) is 29.5 Å². The molecule has 0 radical (unpaired) electrons. The van der Waals surface area contributed by atoms with Gasteiger partial charge in [0.2, 0.25) is 0 Å². The molecule has 0 bridgehead atoms. The summed E-state index contributed by atoms with van der Waals surface area (Å²) in [4.78, 5) is 12.2. The molecule has 0 saturated carbocycles. The second-order valence-corrected chi connectivity index (χ2v) is 5.57. The molecule has 1 aromatic rings. The lowest BCUT2D eigenvalue weighted by Crippen LogP contribution is -2.32. The second kappa shape index (κ2) is 7.48. The van der Waals surface area contributed by atoms with E-state index in [-0.39, 0.29) is 19.1 Å². The second-order valence-electron chi connectivity index (χ2n) is 5.14. The topological polar surface area (TPSA) is 58.6 Å². The van der Waals surface area contributed by atoms with Crippen LogP contribution in [0.15, 0.2) is 23.8 Å². The molecule has 114 valence electrons. The number of benzene rings is 1. The van der Waals surface area contributed by atoms with Crippen LogP contribution in [-0.4, -0.2) is 30.8 Å². The molecule has 1 heterocycles. The molecule has 1 amide bonds. The zero-order valence-electron chi connectivity index (χ0n) is 12.1. The number of aliphatic hydroxyl groups is 1. The first-order valence-electron chi connectivity index (χ1n) is 7.16. The first-order chi connectivity index (χ1) is 10.1. The summed E-state index contributed by atoms with van der Waals surface area (Å²) in [5.74, 6) is 0.908. The van der Waals surface area contributed by atoms with Crippen LogP contribution in [0.3, 0.4) is 0 Å². The molecule has 2 N–H and O–H groups in total. The number of fused-ring (bicyclic) bond motifs is 1. The highest BCUT2D eigenvalue weighted by atomic mass is 35.5. The fourth-order valence-corrected chi connectivity index (χ4v) is 2.44. The van der Waals surface area contributed by atoms with E-state index in [9.17, 15) is 4.79 Å². The molecule has 1 unspecified atom stereocenters. The lowest BCUT2D eigenvalue weighted by molar-refractivity contribution is -0.118. The van der Waals surface area contributed by atoms with Crippen molar-refractivity contribution in [2.45, 2.75) is 19.8 Å². The van der Waals surface area contributed by atoms with Gasteiger partial charge in [0.15, 0.2) is 0 Å². The quantitative estimate of drug-likeness (QED) is 0.849. The Morgan fingerprint density at radius 3 is 3.05 bits per heavy atom. The van der Waals surface area contributed by atoms with Crippen molar-refractivity contribution in [1.82, 2.24) is 5.32 Å². The van der Waals surface area contributed by atoms with Crippen molar-refractivity contribution < 1.29 is 14.6 Å². The van der Waals surface area contributed by atoms with Crippen LogP contribution in [0, 0.1) is 5.92 Å². The normalized spacial score (nSPS) is 14.7. The molecule has 0 aromatic heterocycles. The maximum atomic E-state index is 12.2. The Morgan fingerprint density at radius 1 is 1.52 bits per heavy atom. The van der Waals surface area contributed by atoms with Gasteiger partial charge in [-0.2, -0.15) is 0 Å². The molecule has 1 aliphatic heterocycles. The van der Waals surface area contributed by atoms with Gasteiger partial charge in [0.25, 0.3) is 5.91 Å². The summed E-state index contributed by atoms with van der Waals surface area (Å²) in [7, 11) is 0. The minimum atomic E-state index is -0.128. The molecule has 21 heavy (non-hydrogen) atoms. The average molecular weight is 310 g/mol. The van der Waals surface area contributed by atoms with E-state index in [1.807, 2.05) is 13.0 Å². The highest BCUT2D eigenvalue weighted by molar-refractivity contribution is 6.30. The number of aliphatic hydroxyl groups excluding tert-OH is 1. The smallest absolute Gasteiger partial charge is 0.250 e. The van der Waals surface area contributed by atoms with Crippen molar-refractivity contribution in [3.63, 3.8) is 0 Å². The van der Waals surface area contributed by atoms with Gasteiger partial charge in [-0.05, 0) is 36.6 Å². The average Bonchev–Trinajstić information content (AvgIpc) is 2.50. The number of hydrogen-bond acceptors (Lipinski definition) is 3. The summed E-state index contributed by atoms with van der Waals surface area (Å²) in [5.41, 5.74) is 1.41. The first kappa shape index (κ1) is 15.9. The van der Waals surface area contributed by atoms with Gasteiger partial charge in [-0.3, -0.25) is 4.79 Å². The predicted molar refractivity (Wildman–Crippen MR) is 83.4 cm³/mol. The van der Waals surface area contributed by atoms with Crippen molar-refractivity contribution in [2.75, 3.05) is 19.8 Å². The van der Waals surface area contributed by atoms with E-state index >= 15 is 0 Å². The monoisotopic (exact) mass is 309 g/mol. The van der Waals surface area contributed by atoms with Crippen LogP contribution in [0.1, 0.15) is 25.3 Å². The van der Waals surface area contributed by atoms with E-state index in [2.05, 4.69) is 5.32 Å². The predicted octanol–water partition coefficient (Wildman–Crippen LogP) is 2.64. The molecule has 0 spiro atoms. The Bertz CT molecular complexity index is 542. The molecule has 4 nitrogen and oxygen atoms in total. The van der Waals surface area contributed by atoms with Crippen LogP contribution in [0.4, 0.5) is 0 Å². The van der Waals surface area contributed by atoms with Crippen molar-refractivity contribution in [3.05, 3.63) is 34.4 Å². The molecule has 5 heteroatoms. The molecule has 2 rings (SSSR count). The third-order valence-corrected chi connectivity index (χ3v) is 3.88. The minimum Gasteiger partial charge on any atom is -0.488 e. The fraction of sp³-hybridized carbons (Fsp3) is 0.438. The Kier molecular flexibility index (Phi) is 5.65. The van der Waals surface area contributed by atoms with Crippen LogP contribution in [0.25, 0.3) is 6.08 Å². The van der Waals surface area contributed by atoms with Gasteiger partial charge in [-0.25, -0.2) is 0 Å². The van der Waals surface area contributed by atoms with Gasteiger partial charge in [-0.1, -0.05) is 24.9 Å². The van der Waals surface area contributed by atoms with E-state index in [1.54, 1.807) is 18.2 Å². The van der Waals surface area contributed by atoms with E-state index < -0.39 is 0 Å². The lowest BCUT2D eigenvalue weighted by Gasteiger charge is -2.19. The largest absolute Gasteiger partial charge is 0.488 e. The Morgan fingerprint density at radius 2 is 2.33 bits per heavy atom. The van der Waals surface area contributed by atoms with Crippen molar-refractivity contribution in [1.29, 1.82) is 0 Å². The zero-order chi connectivity index (χ0) is 15.2. The Labute approximate surface area is 129 Å². The standard InChI is InChI=1S/C16H20ClNO3/c1-2-11(5-6-19)9-18-16(20)13-7-12-8-14(17)3-4-15(12)21-10-13/h3-4,7-8,11,19H,2,5-6,9-10H2,1H3,(H,18,20). The van der Waals surface area contributed by atoms with Gasteiger partial charge in [-0.15, -0.1) is 0 Å². The molecular formula is C16H20ClNO3. The lowest BCUT2D eigenvalue weighted by atomic mass is 10.0. The van der Waals surface area contributed by atoms with Gasteiger partial charge in [0, 0.05) is 23.7 Å². The minimum absolute atomic E-state index is 0.128. The third kappa shape index (κ3) is 4.22. The summed E-state index contributed by atoms with van der Waals surface area (Å²) < 4.78 is 5.57. The third-order valence-electron chi connectivity index (χ3n) is 3.64. The highest BCUT2D eigenvalue weighted by Gasteiger charge is 2.18. The number of amides is 1. The van der Waals surface area contributed by atoms with Gasteiger partial charge in [0.1, 0.15) is 12.4 Å². The number of nitrogens with one attached hydrogen (secondary N) is 1. The molecule has 0 fully saturated rings. The molecule has 0 saturated heterocycles. The van der Waals surface area contributed by atoms with E-state index in [1.165, 1.54) is 0 Å². The maximum absolute atomic E-state index is 12.2. The van der Waals surface area contributed by atoms with Crippen molar-refractivity contribution in [3.8, 4) is 5.75 Å². The number of carbonyl (C=O) groups excluding carboxylic acids is 1. The zero-order valence-corrected chi connectivity index (χ0v) is 12.8. The summed E-state index contributed by atoms with van der Waals surface area (Å²) in [5, 5.41) is 12.5. The van der Waals surface area contributed by atoms with Crippen LogP contribution < -0.4 is 10.1 Å². The molecular weight excluding hydrogens is 290 g/mol. The molecule has 1 aliphatic rings. The van der Waals surface area contributed by atoms with E-state index in [0.717, 1.165) is 17.7 Å². The fourth-order valence-electron chi connectivity index (χ4n) is 2.26. The number of halogens is 1. The number of rotatable bonds is 6. The van der Waals surface area contributed by atoms with Gasteiger partial charge >= 0.3 is 0 Å². The number of ether oxygens (including phenoxy) is 1. The molecule has 1 atom stereocenters. The number of carbonyl (C=O) groups is 1. The van der Waals surface area contributed by atoms with Crippen LogP contribution in [-0.2, 0) is 4.79 Å². The van der Waals surface area contributed by atoms with Crippen molar-refractivity contribution >= 4 is 23.6 Å². The van der Waals surface area contributed by atoms with Crippen LogP contribution in [0.5, 0.6) is 5.75 Å². The molecule has 1 aromatic carbocycles. The first-order valence-corrected chi connectivity index (χ1v) is 7.53.